The molecule has 5 heteroatoms. The smallest absolute Gasteiger partial charge is 0.164 e. The third-order valence-electron chi connectivity index (χ3n) is 9.21. The van der Waals surface area contributed by atoms with Crippen molar-refractivity contribution in [3.05, 3.63) is 151 Å². The average molecular weight is 608 g/mol. The van der Waals surface area contributed by atoms with Gasteiger partial charge in [-0.15, -0.1) is 0 Å². The van der Waals surface area contributed by atoms with Gasteiger partial charge in [0, 0.05) is 49.6 Å². The zero-order chi connectivity index (χ0) is 31.5. The van der Waals surface area contributed by atoms with Crippen molar-refractivity contribution >= 4 is 21.9 Å². The van der Waals surface area contributed by atoms with Crippen molar-refractivity contribution in [3.63, 3.8) is 0 Å². The summed E-state index contributed by atoms with van der Waals surface area (Å²) in [6, 6.07) is 47.2. The molecule has 0 spiro atoms. The van der Waals surface area contributed by atoms with Gasteiger partial charge < -0.3 is 9.15 Å². The summed E-state index contributed by atoms with van der Waals surface area (Å²) in [5.74, 6) is 3.63. The third-order valence-corrected chi connectivity index (χ3v) is 9.21. The molecule has 0 aliphatic carbocycles. The van der Waals surface area contributed by atoms with Crippen LogP contribution in [-0.4, -0.2) is 15.0 Å². The Morgan fingerprint density at radius 2 is 1.09 bits per heavy atom. The first kappa shape index (κ1) is 27.3. The van der Waals surface area contributed by atoms with E-state index in [1.165, 1.54) is 11.1 Å². The molecule has 9 rings (SSSR count). The lowest BCUT2D eigenvalue weighted by atomic mass is 9.74. The Hall–Kier alpha value is -6.07. The summed E-state index contributed by atoms with van der Waals surface area (Å²) in [7, 11) is 0. The first-order valence-corrected chi connectivity index (χ1v) is 15.8. The van der Waals surface area contributed by atoms with Crippen molar-refractivity contribution in [2.45, 2.75) is 19.3 Å². The molecule has 224 valence electrons. The fraction of sp³-hybridized carbons (Fsp3) is 0.0714. The summed E-state index contributed by atoms with van der Waals surface area (Å²) < 4.78 is 13.2. The van der Waals surface area contributed by atoms with Gasteiger partial charge >= 0.3 is 0 Å². The first-order valence-electron chi connectivity index (χ1n) is 15.8. The highest BCUT2D eigenvalue weighted by Gasteiger charge is 2.35. The maximum Gasteiger partial charge on any atom is 0.164 e. The SMILES string of the molecule is CC1(C)c2ccccc2Oc2c(-c3cccc4oc5cc(-c6nc(-c7ccccc7)nc(-c7ccccc7)n6)ccc5c34)cccc21. The number of hydrogen-bond acceptors (Lipinski definition) is 5. The Bertz CT molecular complexity index is 2410. The van der Waals surface area contributed by atoms with E-state index < -0.39 is 0 Å². The standard InChI is InChI=1S/C42H29N3O2/c1-42(2)32-19-9-10-21-34(32)47-38-30(18-11-20-33(38)42)29-17-12-22-35-37(29)31-24-23-28(25-36(31)46-35)41-44-39(26-13-5-3-6-14-26)43-40(45-41)27-15-7-4-8-16-27/h3-25H,1-2H3. The molecule has 0 N–H and O–H groups in total. The van der Waals surface area contributed by atoms with E-state index in [-0.39, 0.29) is 5.41 Å². The van der Waals surface area contributed by atoms with Gasteiger partial charge in [-0.25, -0.2) is 15.0 Å². The molecule has 0 saturated carbocycles. The van der Waals surface area contributed by atoms with Crippen LogP contribution in [0, 0.1) is 0 Å². The molecule has 0 bridgehead atoms. The van der Waals surface area contributed by atoms with E-state index >= 15 is 0 Å². The quantitative estimate of drug-likeness (QED) is 0.199. The second-order valence-corrected chi connectivity index (χ2v) is 12.4. The second kappa shape index (κ2) is 10.5. The summed E-state index contributed by atoms with van der Waals surface area (Å²) in [4.78, 5) is 14.7. The molecule has 2 aromatic heterocycles. The van der Waals surface area contributed by atoms with Crippen LogP contribution in [0.4, 0.5) is 0 Å². The van der Waals surface area contributed by atoms with Gasteiger partial charge in [0.25, 0.3) is 0 Å². The van der Waals surface area contributed by atoms with Gasteiger partial charge in [0.1, 0.15) is 22.7 Å². The minimum Gasteiger partial charge on any atom is -0.456 e. The van der Waals surface area contributed by atoms with Crippen LogP contribution in [0.2, 0.25) is 0 Å². The molecule has 0 unspecified atom stereocenters. The molecule has 8 aromatic rings. The lowest BCUT2D eigenvalue weighted by Gasteiger charge is -2.35. The molecule has 0 radical (unpaired) electrons. The number of ether oxygens (including phenoxy) is 1. The zero-order valence-corrected chi connectivity index (χ0v) is 25.9. The molecule has 47 heavy (non-hydrogen) atoms. The number of rotatable bonds is 4. The van der Waals surface area contributed by atoms with Crippen molar-refractivity contribution in [1.29, 1.82) is 0 Å². The number of benzene rings is 6. The third kappa shape index (κ3) is 4.43. The van der Waals surface area contributed by atoms with Crippen LogP contribution in [0.5, 0.6) is 11.5 Å². The molecule has 0 saturated heterocycles. The molecule has 6 aromatic carbocycles. The zero-order valence-electron chi connectivity index (χ0n) is 25.9. The lowest BCUT2D eigenvalue weighted by Crippen LogP contribution is -2.24. The Kier molecular flexibility index (Phi) is 6.09. The topological polar surface area (TPSA) is 61.0 Å². The van der Waals surface area contributed by atoms with Crippen molar-refractivity contribution in [2.24, 2.45) is 0 Å². The van der Waals surface area contributed by atoms with Crippen LogP contribution in [0.1, 0.15) is 25.0 Å². The fourth-order valence-corrected chi connectivity index (χ4v) is 6.81. The van der Waals surface area contributed by atoms with E-state index in [2.05, 4.69) is 68.4 Å². The second-order valence-electron chi connectivity index (χ2n) is 12.4. The van der Waals surface area contributed by atoms with Crippen molar-refractivity contribution in [2.75, 3.05) is 0 Å². The molecule has 0 atom stereocenters. The molecule has 1 aliphatic rings. The number of nitrogens with zero attached hydrogens (tertiary/aromatic N) is 3. The summed E-state index contributed by atoms with van der Waals surface area (Å²) in [6.07, 6.45) is 0. The van der Waals surface area contributed by atoms with Crippen molar-refractivity contribution in [3.8, 4) is 56.8 Å². The monoisotopic (exact) mass is 607 g/mol. The molecular weight excluding hydrogens is 578 g/mol. The Morgan fingerprint density at radius 1 is 0.489 bits per heavy atom. The van der Waals surface area contributed by atoms with Crippen LogP contribution >= 0.6 is 0 Å². The van der Waals surface area contributed by atoms with Crippen LogP contribution < -0.4 is 4.74 Å². The van der Waals surface area contributed by atoms with E-state index in [1.54, 1.807) is 0 Å². The number of hydrogen-bond donors (Lipinski definition) is 0. The van der Waals surface area contributed by atoms with Crippen LogP contribution in [-0.2, 0) is 5.41 Å². The van der Waals surface area contributed by atoms with E-state index in [0.717, 1.165) is 61.3 Å². The van der Waals surface area contributed by atoms with Crippen molar-refractivity contribution in [1.82, 2.24) is 15.0 Å². The highest BCUT2D eigenvalue weighted by molar-refractivity contribution is 6.13. The van der Waals surface area contributed by atoms with E-state index in [1.807, 2.05) is 84.9 Å². The summed E-state index contributed by atoms with van der Waals surface area (Å²) in [5, 5.41) is 2.07. The summed E-state index contributed by atoms with van der Waals surface area (Å²) in [5.41, 5.74) is 8.56. The van der Waals surface area contributed by atoms with Gasteiger partial charge in [-0.2, -0.15) is 0 Å². The largest absolute Gasteiger partial charge is 0.456 e. The van der Waals surface area contributed by atoms with E-state index in [0.29, 0.717) is 17.5 Å². The summed E-state index contributed by atoms with van der Waals surface area (Å²) in [6.45, 7) is 4.53. The van der Waals surface area contributed by atoms with Gasteiger partial charge in [0.2, 0.25) is 0 Å². The maximum atomic E-state index is 6.66. The molecular formula is C42H29N3O2. The molecule has 3 heterocycles. The van der Waals surface area contributed by atoms with E-state index in [4.69, 9.17) is 24.1 Å². The van der Waals surface area contributed by atoms with Crippen LogP contribution in [0.3, 0.4) is 0 Å². The highest BCUT2D eigenvalue weighted by atomic mass is 16.5. The maximum absolute atomic E-state index is 6.66. The first-order chi connectivity index (χ1) is 23.0. The normalized spacial score (nSPS) is 13.2. The van der Waals surface area contributed by atoms with Crippen LogP contribution in [0.25, 0.3) is 67.2 Å². The average Bonchev–Trinajstić information content (AvgIpc) is 3.50. The summed E-state index contributed by atoms with van der Waals surface area (Å²) >= 11 is 0. The van der Waals surface area contributed by atoms with Gasteiger partial charge in [-0.1, -0.05) is 129 Å². The molecule has 1 aliphatic heterocycles. The van der Waals surface area contributed by atoms with Gasteiger partial charge in [-0.05, 0) is 29.8 Å². The fourth-order valence-electron chi connectivity index (χ4n) is 6.81. The predicted octanol–water partition coefficient (Wildman–Crippen LogP) is 10.9. The van der Waals surface area contributed by atoms with Gasteiger partial charge in [0.15, 0.2) is 17.5 Å². The Morgan fingerprint density at radius 3 is 1.81 bits per heavy atom. The van der Waals surface area contributed by atoms with Gasteiger partial charge in [-0.3, -0.25) is 0 Å². The minimum absolute atomic E-state index is 0.205. The number of furan rings is 1. The van der Waals surface area contributed by atoms with Gasteiger partial charge in [0.05, 0.1) is 0 Å². The Balaban J connectivity index is 1.20. The number of fused-ring (bicyclic) bond motifs is 5. The van der Waals surface area contributed by atoms with Crippen molar-refractivity contribution < 1.29 is 9.15 Å². The van der Waals surface area contributed by atoms with E-state index in [9.17, 15) is 0 Å². The lowest BCUT2D eigenvalue weighted by molar-refractivity contribution is 0.419. The number of aromatic nitrogens is 3. The minimum atomic E-state index is -0.205. The highest BCUT2D eigenvalue weighted by Crippen LogP contribution is 2.52. The molecule has 5 nitrogen and oxygen atoms in total. The van der Waals surface area contributed by atoms with Crippen LogP contribution in [0.15, 0.2) is 144 Å². The molecule has 0 fully saturated rings. The Labute approximate surface area is 272 Å². The molecule has 0 amide bonds. The number of para-hydroxylation sites is 2. The predicted molar refractivity (Wildman–Crippen MR) is 187 cm³/mol.